The normalized spacial score (nSPS) is 18.2. The van der Waals surface area contributed by atoms with Crippen LogP contribution in [0.5, 0.6) is 0 Å². The van der Waals surface area contributed by atoms with Gasteiger partial charge in [0.2, 0.25) is 0 Å². The van der Waals surface area contributed by atoms with Crippen molar-refractivity contribution >= 4 is 17.7 Å². The number of cyclic esters (lactones) is 1. The molecule has 0 saturated carbocycles. The molecule has 3 aromatic rings. The molecule has 2 heterocycles. The summed E-state index contributed by atoms with van der Waals surface area (Å²) in [6.45, 7) is 4.81. The lowest BCUT2D eigenvalue weighted by Crippen LogP contribution is -2.31. The summed E-state index contributed by atoms with van der Waals surface area (Å²) in [5, 5.41) is 0.176. The van der Waals surface area contributed by atoms with Crippen LogP contribution >= 0.6 is 11.6 Å². The van der Waals surface area contributed by atoms with E-state index in [1.165, 1.54) is 13.0 Å². The summed E-state index contributed by atoms with van der Waals surface area (Å²) in [6.07, 6.45) is -11.8. The monoisotopic (exact) mass is 574 g/mol. The molecule has 208 valence electrons. The smallest absolute Gasteiger partial charge is 0.416 e. The van der Waals surface area contributed by atoms with Crippen molar-refractivity contribution in [3.8, 4) is 11.3 Å². The maximum absolute atomic E-state index is 14.0. The molecular formula is C27H22ClF7N2O2. The van der Waals surface area contributed by atoms with E-state index in [1.807, 2.05) is 13.8 Å². The second kappa shape index (κ2) is 10.3. The number of nitrogens with zero attached hydrogens (tertiary/aromatic N) is 2. The Labute approximate surface area is 224 Å². The number of pyridine rings is 1. The number of benzene rings is 2. The Morgan fingerprint density at radius 2 is 1.64 bits per heavy atom. The molecule has 1 saturated heterocycles. The topological polar surface area (TPSA) is 42.4 Å². The number of amides is 1. The van der Waals surface area contributed by atoms with Crippen molar-refractivity contribution in [1.29, 1.82) is 0 Å². The van der Waals surface area contributed by atoms with Gasteiger partial charge in [0.1, 0.15) is 11.9 Å². The van der Waals surface area contributed by atoms with E-state index in [9.17, 15) is 35.5 Å². The average Bonchev–Trinajstić information content (AvgIpc) is 3.11. The van der Waals surface area contributed by atoms with Gasteiger partial charge in [-0.2, -0.15) is 26.3 Å². The van der Waals surface area contributed by atoms with E-state index in [-0.39, 0.29) is 33.3 Å². The molecule has 4 nitrogen and oxygen atoms in total. The van der Waals surface area contributed by atoms with Crippen LogP contribution in [-0.4, -0.2) is 22.0 Å². The van der Waals surface area contributed by atoms with Gasteiger partial charge in [-0.05, 0) is 66.4 Å². The van der Waals surface area contributed by atoms with E-state index in [1.54, 1.807) is 12.1 Å². The summed E-state index contributed by atoms with van der Waals surface area (Å²) in [5.41, 5.74) is -1.34. The van der Waals surface area contributed by atoms with Crippen LogP contribution in [0.4, 0.5) is 35.5 Å². The highest BCUT2D eigenvalue weighted by Crippen LogP contribution is 2.40. The number of ether oxygens (including phenoxy) is 1. The number of carbonyl (C=O) groups is 1. The SMILES string of the molecule is CC(C)c1ccc(Cl)c(-c2ccc(C(F)(F)F)cc2CN2C(=O)O[C@H](c3cc(F)cc(C(F)(F)F)c3)[C@@H]2C)n1. The number of hydrogen-bond acceptors (Lipinski definition) is 3. The number of aromatic nitrogens is 1. The zero-order valence-electron chi connectivity index (χ0n) is 20.8. The third-order valence-electron chi connectivity index (χ3n) is 6.46. The van der Waals surface area contributed by atoms with Crippen molar-refractivity contribution in [2.24, 2.45) is 0 Å². The Morgan fingerprint density at radius 3 is 2.26 bits per heavy atom. The van der Waals surface area contributed by atoms with Gasteiger partial charge >= 0.3 is 18.4 Å². The fourth-order valence-electron chi connectivity index (χ4n) is 4.38. The quantitative estimate of drug-likeness (QED) is 0.286. The maximum Gasteiger partial charge on any atom is 0.416 e. The van der Waals surface area contributed by atoms with Gasteiger partial charge in [-0.15, -0.1) is 0 Å². The molecule has 1 aliphatic rings. The van der Waals surface area contributed by atoms with E-state index in [0.717, 1.165) is 23.1 Å². The molecule has 2 aromatic carbocycles. The van der Waals surface area contributed by atoms with Gasteiger partial charge in [-0.25, -0.2) is 9.18 Å². The van der Waals surface area contributed by atoms with Crippen LogP contribution in [0.3, 0.4) is 0 Å². The molecule has 0 spiro atoms. The first-order valence-electron chi connectivity index (χ1n) is 11.8. The zero-order chi connectivity index (χ0) is 28.9. The van der Waals surface area contributed by atoms with Crippen LogP contribution in [-0.2, 0) is 23.6 Å². The van der Waals surface area contributed by atoms with Crippen LogP contribution in [0, 0.1) is 5.82 Å². The first kappa shape index (κ1) is 28.7. The van der Waals surface area contributed by atoms with Crippen molar-refractivity contribution in [3.63, 3.8) is 0 Å². The minimum absolute atomic E-state index is 0.0129. The summed E-state index contributed by atoms with van der Waals surface area (Å²) < 4.78 is 99.8. The van der Waals surface area contributed by atoms with Crippen molar-refractivity contribution in [3.05, 3.63) is 87.3 Å². The fourth-order valence-corrected chi connectivity index (χ4v) is 4.59. The number of carbonyl (C=O) groups excluding carboxylic acids is 1. The molecule has 2 atom stereocenters. The molecule has 0 unspecified atom stereocenters. The van der Waals surface area contributed by atoms with Gasteiger partial charge in [0.15, 0.2) is 0 Å². The van der Waals surface area contributed by atoms with Gasteiger partial charge < -0.3 is 4.74 Å². The van der Waals surface area contributed by atoms with E-state index >= 15 is 0 Å². The average molecular weight is 575 g/mol. The Morgan fingerprint density at radius 1 is 0.974 bits per heavy atom. The predicted molar refractivity (Wildman–Crippen MR) is 129 cm³/mol. The van der Waals surface area contributed by atoms with Crippen molar-refractivity contribution in [2.45, 2.75) is 57.7 Å². The third kappa shape index (κ3) is 5.98. The fraction of sp³-hybridized carbons (Fsp3) is 0.333. The van der Waals surface area contributed by atoms with Crippen LogP contribution in [0.15, 0.2) is 48.5 Å². The molecule has 4 rings (SSSR count). The first-order chi connectivity index (χ1) is 18.1. The molecule has 39 heavy (non-hydrogen) atoms. The van der Waals surface area contributed by atoms with Gasteiger partial charge in [0.25, 0.3) is 0 Å². The lowest BCUT2D eigenvalue weighted by atomic mass is 9.97. The lowest BCUT2D eigenvalue weighted by molar-refractivity contribution is -0.138. The Bertz CT molecular complexity index is 1410. The second-order valence-corrected chi connectivity index (χ2v) is 9.94. The molecule has 0 radical (unpaired) electrons. The van der Waals surface area contributed by atoms with Crippen LogP contribution < -0.4 is 0 Å². The van der Waals surface area contributed by atoms with Gasteiger partial charge in [-0.3, -0.25) is 9.88 Å². The van der Waals surface area contributed by atoms with E-state index in [0.29, 0.717) is 17.8 Å². The van der Waals surface area contributed by atoms with Gasteiger partial charge in [0, 0.05) is 11.3 Å². The van der Waals surface area contributed by atoms with E-state index in [2.05, 4.69) is 4.98 Å². The van der Waals surface area contributed by atoms with Gasteiger partial charge in [0.05, 0.1) is 34.4 Å². The summed E-state index contributed by atoms with van der Waals surface area (Å²) in [5.74, 6) is -1.19. The highest BCUT2D eigenvalue weighted by atomic mass is 35.5. The standard InChI is InChI=1S/C27H22ClF7N2O2/c1-13(2)22-7-6-21(28)23(36-22)20-5-4-17(26(30,31)32)9-16(20)12-37-14(3)24(39-25(37)38)15-8-18(27(33,34)35)11-19(29)10-15/h4-11,13-14,24H,12H2,1-3H3/t14-,24-/m0/s1. The van der Waals surface area contributed by atoms with Crippen LogP contribution in [0.2, 0.25) is 5.02 Å². The largest absolute Gasteiger partial charge is 0.439 e. The van der Waals surface area contributed by atoms with Crippen molar-refractivity contribution < 1.29 is 40.3 Å². The maximum atomic E-state index is 14.0. The summed E-state index contributed by atoms with van der Waals surface area (Å²) in [6, 6.07) is 7.09. The predicted octanol–water partition coefficient (Wildman–Crippen LogP) is 8.78. The number of rotatable bonds is 5. The molecular weight excluding hydrogens is 553 g/mol. The number of halogens is 8. The molecule has 1 aromatic heterocycles. The minimum Gasteiger partial charge on any atom is -0.439 e. The third-order valence-corrected chi connectivity index (χ3v) is 6.76. The number of alkyl halides is 6. The highest BCUT2D eigenvalue weighted by molar-refractivity contribution is 6.33. The van der Waals surface area contributed by atoms with E-state index in [4.69, 9.17) is 16.3 Å². The van der Waals surface area contributed by atoms with E-state index < -0.39 is 54.1 Å². The number of hydrogen-bond donors (Lipinski definition) is 0. The Hall–Kier alpha value is -3.34. The molecule has 0 bridgehead atoms. The van der Waals surface area contributed by atoms with Crippen molar-refractivity contribution in [2.75, 3.05) is 0 Å². The first-order valence-corrected chi connectivity index (χ1v) is 12.2. The van der Waals surface area contributed by atoms with Crippen LogP contribution in [0.1, 0.15) is 60.7 Å². The second-order valence-electron chi connectivity index (χ2n) is 9.53. The highest BCUT2D eigenvalue weighted by Gasteiger charge is 2.42. The van der Waals surface area contributed by atoms with Crippen LogP contribution in [0.25, 0.3) is 11.3 Å². The molecule has 0 aliphatic carbocycles. The Balaban J connectivity index is 1.76. The zero-order valence-corrected chi connectivity index (χ0v) is 21.5. The van der Waals surface area contributed by atoms with Crippen molar-refractivity contribution in [1.82, 2.24) is 9.88 Å². The molecule has 12 heteroatoms. The van der Waals surface area contributed by atoms with Gasteiger partial charge in [-0.1, -0.05) is 31.5 Å². The molecule has 1 fully saturated rings. The minimum atomic E-state index is -4.84. The summed E-state index contributed by atoms with van der Waals surface area (Å²) >= 11 is 6.36. The molecule has 1 aliphatic heterocycles. The summed E-state index contributed by atoms with van der Waals surface area (Å²) in [7, 11) is 0. The molecule has 1 amide bonds. The summed E-state index contributed by atoms with van der Waals surface area (Å²) in [4.78, 5) is 18.4. The molecule has 0 N–H and O–H groups in total. The lowest BCUT2D eigenvalue weighted by Gasteiger charge is -2.23. The Kier molecular flexibility index (Phi) is 7.59.